The molecule has 0 saturated heterocycles. The van der Waals surface area contributed by atoms with Gasteiger partial charge in [0, 0.05) is 13.6 Å². The molecule has 0 aliphatic heterocycles. The van der Waals surface area contributed by atoms with Crippen molar-refractivity contribution in [2.75, 3.05) is 32.1 Å². The highest BCUT2D eigenvalue weighted by Crippen LogP contribution is 2.26. The summed E-state index contributed by atoms with van der Waals surface area (Å²) in [5.41, 5.74) is 2.04. The second-order valence-electron chi connectivity index (χ2n) is 6.12. The number of nitrogens with one attached hydrogen (secondary N) is 1. The monoisotopic (exact) mass is 354 g/mol. The van der Waals surface area contributed by atoms with E-state index < -0.39 is 0 Å². The Morgan fingerprint density at radius 2 is 2.04 bits per heavy atom. The third-order valence-electron chi connectivity index (χ3n) is 4.72. The summed E-state index contributed by atoms with van der Waals surface area (Å²) < 4.78 is 7.16. The van der Waals surface area contributed by atoms with Crippen LogP contribution in [0.4, 0.5) is 5.82 Å². The molecule has 0 amide bonds. The number of aryl methyl sites for hydroxylation is 1. The van der Waals surface area contributed by atoms with Gasteiger partial charge in [0.2, 0.25) is 0 Å². The van der Waals surface area contributed by atoms with Crippen molar-refractivity contribution in [3.8, 4) is 5.75 Å². The summed E-state index contributed by atoms with van der Waals surface area (Å²) in [6, 6.07) is 8.47. The van der Waals surface area contributed by atoms with Gasteiger partial charge in [0.15, 0.2) is 5.65 Å². The van der Waals surface area contributed by atoms with Gasteiger partial charge in [-0.05, 0) is 30.8 Å². The molecule has 138 valence electrons. The van der Waals surface area contributed by atoms with Crippen LogP contribution in [0, 0.1) is 0 Å². The number of hydrogen-bond donors (Lipinski definition) is 1. The van der Waals surface area contributed by atoms with Gasteiger partial charge in [-0.3, -0.25) is 9.58 Å². The molecule has 7 nitrogen and oxygen atoms in total. The molecular weight excluding hydrogens is 328 g/mol. The Hall–Kier alpha value is -2.67. The van der Waals surface area contributed by atoms with Gasteiger partial charge in [-0.2, -0.15) is 5.10 Å². The highest BCUT2D eigenvalue weighted by molar-refractivity contribution is 5.85. The van der Waals surface area contributed by atoms with E-state index in [-0.39, 0.29) is 6.04 Å². The van der Waals surface area contributed by atoms with Crippen molar-refractivity contribution in [1.29, 1.82) is 0 Å². The van der Waals surface area contributed by atoms with Crippen LogP contribution in [-0.4, -0.2) is 51.4 Å². The summed E-state index contributed by atoms with van der Waals surface area (Å²) in [5.74, 6) is 1.68. The molecule has 0 radical (unpaired) electrons. The van der Waals surface area contributed by atoms with Crippen LogP contribution in [0.15, 0.2) is 36.8 Å². The average molecular weight is 354 g/mol. The zero-order chi connectivity index (χ0) is 18.5. The maximum atomic E-state index is 5.40. The minimum Gasteiger partial charge on any atom is -0.497 e. The molecule has 1 atom stereocenters. The fourth-order valence-corrected chi connectivity index (χ4v) is 3.27. The van der Waals surface area contributed by atoms with Gasteiger partial charge in [-0.1, -0.05) is 26.0 Å². The summed E-state index contributed by atoms with van der Waals surface area (Å²) in [4.78, 5) is 11.1. The number of fused-ring (bicyclic) bond motifs is 1. The molecule has 1 aromatic carbocycles. The van der Waals surface area contributed by atoms with Crippen LogP contribution < -0.4 is 10.1 Å². The van der Waals surface area contributed by atoms with Crippen molar-refractivity contribution in [3.05, 3.63) is 42.4 Å². The molecule has 0 unspecified atom stereocenters. The predicted molar refractivity (Wildman–Crippen MR) is 103 cm³/mol. The minimum atomic E-state index is 0.210. The molecule has 0 aliphatic rings. The molecule has 0 saturated carbocycles. The second-order valence-corrected chi connectivity index (χ2v) is 6.12. The van der Waals surface area contributed by atoms with Gasteiger partial charge < -0.3 is 10.1 Å². The smallest absolute Gasteiger partial charge is 0.163 e. The molecule has 0 fully saturated rings. The average Bonchev–Trinajstić information content (AvgIpc) is 3.07. The topological polar surface area (TPSA) is 68.1 Å². The van der Waals surface area contributed by atoms with Crippen LogP contribution >= 0.6 is 0 Å². The van der Waals surface area contributed by atoms with Crippen molar-refractivity contribution in [2.45, 2.75) is 19.9 Å². The Morgan fingerprint density at radius 1 is 1.23 bits per heavy atom. The molecule has 3 rings (SSSR count). The van der Waals surface area contributed by atoms with E-state index in [0.29, 0.717) is 0 Å². The SMILES string of the molecule is CCN(CC)[C@@H](CNc1ncnc2c1cnn2C)c1cccc(OC)c1. The van der Waals surface area contributed by atoms with E-state index in [1.54, 1.807) is 24.3 Å². The summed E-state index contributed by atoms with van der Waals surface area (Å²) in [6.07, 6.45) is 3.37. The van der Waals surface area contributed by atoms with Crippen LogP contribution in [0.2, 0.25) is 0 Å². The zero-order valence-electron chi connectivity index (χ0n) is 15.8. The maximum absolute atomic E-state index is 5.40. The Labute approximate surface area is 154 Å². The Balaban J connectivity index is 1.87. The number of aromatic nitrogens is 4. The van der Waals surface area contributed by atoms with Gasteiger partial charge >= 0.3 is 0 Å². The van der Waals surface area contributed by atoms with E-state index in [2.05, 4.69) is 51.3 Å². The van der Waals surface area contributed by atoms with Crippen LogP contribution in [0.5, 0.6) is 5.75 Å². The maximum Gasteiger partial charge on any atom is 0.163 e. The van der Waals surface area contributed by atoms with Gasteiger partial charge in [0.05, 0.1) is 24.7 Å². The number of anilines is 1. The predicted octanol–water partition coefficient (Wildman–Crippen LogP) is 2.87. The first-order valence-corrected chi connectivity index (χ1v) is 8.92. The minimum absolute atomic E-state index is 0.210. The summed E-state index contributed by atoms with van der Waals surface area (Å²) in [7, 11) is 3.58. The quantitative estimate of drug-likeness (QED) is 0.671. The van der Waals surface area contributed by atoms with Crippen molar-refractivity contribution in [2.24, 2.45) is 7.05 Å². The fraction of sp³-hybridized carbons (Fsp3) is 0.421. The lowest BCUT2D eigenvalue weighted by molar-refractivity contribution is 0.227. The van der Waals surface area contributed by atoms with Crippen LogP contribution in [-0.2, 0) is 7.05 Å². The Bertz CT molecular complexity index is 858. The third-order valence-corrected chi connectivity index (χ3v) is 4.72. The van der Waals surface area contributed by atoms with Crippen molar-refractivity contribution >= 4 is 16.9 Å². The lowest BCUT2D eigenvalue weighted by Gasteiger charge is -2.30. The number of rotatable bonds is 8. The van der Waals surface area contributed by atoms with E-state index in [1.807, 2.05) is 19.2 Å². The second kappa shape index (κ2) is 8.14. The van der Waals surface area contributed by atoms with Crippen LogP contribution in [0.25, 0.3) is 11.0 Å². The fourth-order valence-electron chi connectivity index (χ4n) is 3.27. The van der Waals surface area contributed by atoms with Gasteiger partial charge in [0.25, 0.3) is 0 Å². The van der Waals surface area contributed by atoms with Crippen LogP contribution in [0.1, 0.15) is 25.5 Å². The lowest BCUT2D eigenvalue weighted by Crippen LogP contribution is -2.33. The Morgan fingerprint density at radius 3 is 2.77 bits per heavy atom. The molecule has 0 aliphatic carbocycles. The molecule has 0 spiro atoms. The first-order chi connectivity index (χ1) is 12.7. The normalized spacial score (nSPS) is 12.5. The molecule has 26 heavy (non-hydrogen) atoms. The zero-order valence-corrected chi connectivity index (χ0v) is 15.8. The van der Waals surface area contributed by atoms with Gasteiger partial charge in [0.1, 0.15) is 17.9 Å². The van der Waals surface area contributed by atoms with Crippen molar-refractivity contribution in [1.82, 2.24) is 24.6 Å². The van der Waals surface area contributed by atoms with E-state index in [0.717, 1.165) is 42.2 Å². The summed E-state index contributed by atoms with van der Waals surface area (Å²) >= 11 is 0. The summed E-state index contributed by atoms with van der Waals surface area (Å²) in [5, 5.41) is 8.71. The molecule has 2 aromatic heterocycles. The van der Waals surface area contributed by atoms with Crippen molar-refractivity contribution in [3.63, 3.8) is 0 Å². The molecule has 1 N–H and O–H groups in total. The highest BCUT2D eigenvalue weighted by Gasteiger charge is 2.19. The molecule has 3 aromatic rings. The van der Waals surface area contributed by atoms with Gasteiger partial charge in [-0.25, -0.2) is 9.97 Å². The number of methoxy groups -OCH3 is 1. The largest absolute Gasteiger partial charge is 0.497 e. The lowest BCUT2D eigenvalue weighted by atomic mass is 10.0. The van der Waals surface area contributed by atoms with E-state index in [9.17, 15) is 0 Å². The van der Waals surface area contributed by atoms with E-state index >= 15 is 0 Å². The molecular formula is C19H26N6O. The molecule has 7 heteroatoms. The van der Waals surface area contributed by atoms with Crippen molar-refractivity contribution < 1.29 is 4.74 Å². The number of ether oxygens (including phenoxy) is 1. The number of nitrogens with zero attached hydrogens (tertiary/aromatic N) is 5. The molecule has 0 bridgehead atoms. The first-order valence-electron chi connectivity index (χ1n) is 8.92. The van der Waals surface area contributed by atoms with Gasteiger partial charge in [-0.15, -0.1) is 0 Å². The highest BCUT2D eigenvalue weighted by atomic mass is 16.5. The number of benzene rings is 1. The Kier molecular flexibility index (Phi) is 5.68. The van der Waals surface area contributed by atoms with E-state index in [4.69, 9.17) is 4.74 Å². The summed E-state index contributed by atoms with van der Waals surface area (Å²) in [6.45, 7) is 7.02. The number of hydrogen-bond acceptors (Lipinski definition) is 6. The standard InChI is InChI=1S/C19H26N6O/c1-5-25(6-2)17(14-8-7-9-15(10-14)26-4)12-20-18-16-11-23-24(3)19(16)22-13-21-18/h7-11,13,17H,5-6,12H2,1-4H3,(H,20,21,22)/t17-/m0/s1. The first kappa shape index (κ1) is 18.1. The molecule has 2 heterocycles. The third kappa shape index (κ3) is 3.62. The van der Waals surface area contributed by atoms with Crippen LogP contribution in [0.3, 0.4) is 0 Å². The number of likely N-dealkylation sites (N-methyl/N-ethyl adjacent to an activating group) is 1. The van der Waals surface area contributed by atoms with E-state index in [1.165, 1.54) is 5.56 Å².